The molecule has 0 aromatic rings. The van der Waals surface area contributed by atoms with Gasteiger partial charge in [-0.3, -0.25) is 0 Å². The minimum Gasteiger partial charge on any atom is -0.369 e. The SMILES string of the molecule is CC(C)CCC(N)C1CC(C)(C)OC1(C)C. The van der Waals surface area contributed by atoms with E-state index in [-0.39, 0.29) is 17.2 Å². The standard InChI is InChI=1S/C14H29NO/c1-10(2)7-8-12(15)11-9-13(3,4)16-14(11,5)6/h10-12H,7-9,15H2,1-6H3. The second kappa shape index (κ2) is 4.66. The van der Waals surface area contributed by atoms with E-state index in [1.165, 1.54) is 6.42 Å². The molecule has 1 aliphatic heterocycles. The summed E-state index contributed by atoms with van der Waals surface area (Å²) in [4.78, 5) is 0. The van der Waals surface area contributed by atoms with E-state index in [9.17, 15) is 0 Å². The molecule has 1 rings (SSSR count). The molecule has 1 saturated heterocycles. The van der Waals surface area contributed by atoms with Crippen molar-refractivity contribution in [1.82, 2.24) is 0 Å². The summed E-state index contributed by atoms with van der Waals surface area (Å²) >= 11 is 0. The second-order valence-electron chi connectivity index (χ2n) is 6.91. The maximum Gasteiger partial charge on any atom is 0.0677 e. The van der Waals surface area contributed by atoms with E-state index < -0.39 is 0 Å². The lowest BCUT2D eigenvalue weighted by atomic mass is 9.80. The molecular formula is C14H29NO. The molecule has 2 atom stereocenters. The van der Waals surface area contributed by atoms with Crippen molar-refractivity contribution < 1.29 is 4.74 Å². The third-order valence-electron chi connectivity index (χ3n) is 3.74. The van der Waals surface area contributed by atoms with E-state index in [0.717, 1.165) is 18.8 Å². The van der Waals surface area contributed by atoms with Gasteiger partial charge in [0, 0.05) is 12.0 Å². The van der Waals surface area contributed by atoms with Gasteiger partial charge in [0.25, 0.3) is 0 Å². The summed E-state index contributed by atoms with van der Waals surface area (Å²) in [6.45, 7) is 13.2. The summed E-state index contributed by atoms with van der Waals surface area (Å²) in [5, 5.41) is 0. The van der Waals surface area contributed by atoms with Crippen LogP contribution in [0.4, 0.5) is 0 Å². The van der Waals surface area contributed by atoms with E-state index >= 15 is 0 Å². The van der Waals surface area contributed by atoms with Crippen LogP contribution in [0.5, 0.6) is 0 Å². The average Bonchev–Trinajstić information content (AvgIpc) is 2.30. The molecule has 1 aliphatic rings. The zero-order valence-electron chi connectivity index (χ0n) is 11.8. The van der Waals surface area contributed by atoms with Gasteiger partial charge in [-0.05, 0) is 52.9 Å². The molecule has 2 unspecified atom stereocenters. The summed E-state index contributed by atoms with van der Waals surface area (Å²) in [6, 6.07) is 0.277. The molecule has 0 aromatic heterocycles. The fourth-order valence-corrected chi connectivity index (χ4v) is 3.00. The van der Waals surface area contributed by atoms with E-state index in [4.69, 9.17) is 10.5 Å². The first kappa shape index (κ1) is 14.0. The van der Waals surface area contributed by atoms with E-state index in [1.54, 1.807) is 0 Å². The molecule has 1 fully saturated rings. The lowest BCUT2D eigenvalue weighted by Crippen LogP contribution is -2.41. The topological polar surface area (TPSA) is 35.2 Å². The van der Waals surface area contributed by atoms with Crippen molar-refractivity contribution >= 4 is 0 Å². The molecule has 0 spiro atoms. The highest BCUT2D eigenvalue weighted by Crippen LogP contribution is 2.43. The molecule has 2 nitrogen and oxygen atoms in total. The highest BCUT2D eigenvalue weighted by atomic mass is 16.5. The summed E-state index contributed by atoms with van der Waals surface area (Å²) in [7, 11) is 0. The predicted octanol–water partition coefficient (Wildman–Crippen LogP) is 3.34. The fraction of sp³-hybridized carbons (Fsp3) is 1.00. The van der Waals surface area contributed by atoms with Crippen LogP contribution in [0.2, 0.25) is 0 Å². The maximum absolute atomic E-state index is 6.34. The second-order valence-corrected chi connectivity index (χ2v) is 6.91. The average molecular weight is 227 g/mol. The van der Waals surface area contributed by atoms with Gasteiger partial charge in [-0.2, -0.15) is 0 Å². The van der Waals surface area contributed by atoms with Crippen LogP contribution in [-0.2, 0) is 4.74 Å². The third-order valence-corrected chi connectivity index (χ3v) is 3.74. The van der Waals surface area contributed by atoms with Gasteiger partial charge in [0.05, 0.1) is 11.2 Å². The summed E-state index contributed by atoms with van der Waals surface area (Å²) < 4.78 is 6.10. The van der Waals surface area contributed by atoms with Crippen molar-refractivity contribution in [3.8, 4) is 0 Å². The fourth-order valence-electron chi connectivity index (χ4n) is 3.00. The summed E-state index contributed by atoms with van der Waals surface area (Å²) in [5.41, 5.74) is 6.26. The lowest BCUT2D eigenvalue weighted by molar-refractivity contribution is -0.0768. The Kier molecular flexibility index (Phi) is 4.07. The molecule has 0 radical (unpaired) electrons. The minimum absolute atomic E-state index is 0.0103. The van der Waals surface area contributed by atoms with Gasteiger partial charge in [0.1, 0.15) is 0 Å². The molecule has 0 bridgehead atoms. The molecule has 2 heteroatoms. The number of ether oxygens (including phenoxy) is 1. The lowest BCUT2D eigenvalue weighted by Gasteiger charge is -2.31. The number of hydrogen-bond acceptors (Lipinski definition) is 2. The van der Waals surface area contributed by atoms with Crippen LogP contribution in [-0.4, -0.2) is 17.2 Å². The monoisotopic (exact) mass is 227 g/mol. The third kappa shape index (κ3) is 3.46. The summed E-state index contributed by atoms with van der Waals surface area (Å²) in [6.07, 6.45) is 3.42. The first-order valence-electron chi connectivity index (χ1n) is 6.60. The van der Waals surface area contributed by atoms with Gasteiger partial charge in [0.2, 0.25) is 0 Å². The largest absolute Gasteiger partial charge is 0.369 e. The first-order valence-corrected chi connectivity index (χ1v) is 6.60. The van der Waals surface area contributed by atoms with Crippen molar-refractivity contribution in [2.75, 3.05) is 0 Å². The van der Waals surface area contributed by atoms with Crippen molar-refractivity contribution in [2.24, 2.45) is 17.6 Å². The van der Waals surface area contributed by atoms with Crippen molar-refractivity contribution in [3.05, 3.63) is 0 Å². The van der Waals surface area contributed by atoms with Crippen molar-refractivity contribution in [1.29, 1.82) is 0 Å². The molecule has 0 aromatic carbocycles. The van der Waals surface area contributed by atoms with Gasteiger partial charge in [-0.15, -0.1) is 0 Å². The molecule has 2 N–H and O–H groups in total. The van der Waals surface area contributed by atoms with Crippen molar-refractivity contribution in [3.63, 3.8) is 0 Å². The summed E-state index contributed by atoms with van der Waals surface area (Å²) in [5.74, 6) is 1.23. The molecule has 0 amide bonds. The molecule has 16 heavy (non-hydrogen) atoms. The number of hydrogen-bond donors (Lipinski definition) is 1. The Bertz CT molecular complexity index is 233. The molecule has 1 heterocycles. The van der Waals surface area contributed by atoms with Crippen LogP contribution in [0.25, 0.3) is 0 Å². The molecule has 96 valence electrons. The highest BCUT2D eigenvalue weighted by molar-refractivity contribution is 4.98. The van der Waals surface area contributed by atoms with E-state index in [0.29, 0.717) is 5.92 Å². The Balaban J connectivity index is 2.59. The minimum atomic E-state index is -0.0695. The van der Waals surface area contributed by atoms with Gasteiger partial charge in [-0.25, -0.2) is 0 Å². The Labute approximate surface area is 101 Å². The Morgan fingerprint density at radius 3 is 2.12 bits per heavy atom. The van der Waals surface area contributed by atoms with Crippen LogP contribution >= 0.6 is 0 Å². The Morgan fingerprint density at radius 2 is 1.75 bits per heavy atom. The van der Waals surface area contributed by atoms with Crippen molar-refractivity contribution in [2.45, 2.75) is 78.0 Å². The smallest absolute Gasteiger partial charge is 0.0677 e. The molecular weight excluding hydrogens is 198 g/mol. The van der Waals surface area contributed by atoms with Gasteiger partial charge >= 0.3 is 0 Å². The zero-order valence-corrected chi connectivity index (χ0v) is 11.8. The Morgan fingerprint density at radius 1 is 1.19 bits per heavy atom. The normalized spacial score (nSPS) is 29.6. The number of nitrogens with two attached hydrogens (primary N) is 1. The van der Waals surface area contributed by atoms with E-state index in [2.05, 4.69) is 41.5 Å². The molecule has 0 saturated carbocycles. The van der Waals surface area contributed by atoms with Gasteiger partial charge in [-0.1, -0.05) is 13.8 Å². The Hall–Kier alpha value is -0.0800. The van der Waals surface area contributed by atoms with Gasteiger partial charge in [0.15, 0.2) is 0 Å². The van der Waals surface area contributed by atoms with Gasteiger partial charge < -0.3 is 10.5 Å². The number of rotatable bonds is 4. The predicted molar refractivity (Wildman–Crippen MR) is 69.4 cm³/mol. The maximum atomic E-state index is 6.34. The quantitative estimate of drug-likeness (QED) is 0.799. The van der Waals surface area contributed by atoms with Crippen LogP contribution in [0.15, 0.2) is 0 Å². The van der Waals surface area contributed by atoms with Crippen LogP contribution in [0.1, 0.15) is 60.8 Å². The zero-order chi connectivity index (χ0) is 12.6. The van der Waals surface area contributed by atoms with E-state index in [1.807, 2.05) is 0 Å². The highest BCUT2D eigenvalue weighted by Gasteiger charge is 2.47. The van der Waals surface area contributed by atoms with Crippen LogP contribution in [0, 0.1) is 11.8 Å². The van der Waals surface area contributed by atoms with Crippen LogP contribution in [0.3, 0.4) is 0 Å². The molecule has 0 aliphatic carbocycles. The first-order chi connectivity index (χ1) is 7.14. The van der Waals surface area contributed by atoms with Crippen LogP contribution < -0.4 is 5.73 Å².